The first kappa shape index (κ1) is 19.4. The molecule has 3 rings (SSSR count). The number of aryl methyl sites for hydroxylation is 1. The van der Waals surface area contributed by atoms with Crippen LogP contribution in [0.4, 0.5) is 18.9 Å². The summed E-state index contributed by atoms with van der Waals surface area (Å²) >= 11 is 0. The zero-order valence-electron chi connectivity index (χ0n) is 15.3. The van der Waals surface area contributed by atoms with Crippen molar-refractivity contribution in [3.63, 3.8) is 0 Å². The molecule has 1 saturated carbocycles. The summed E-state index contributed by atoms with van der Waals surface area (Å²) in [5.41, 5.74) is 3.29. The van der Waals surface area contributed by atoms with Crippen molar-refractivity contribution in [2.75, 3.05) is 0 Å². The number of halogens is 3. The second kappa shape index (κ2) is 9.03. The number of allylic oxidation sites excluding steroid dienone is 1. The molecule has 0 saturated heterocycles. The molecule has 2 aromatic carbocycles. The van der Waals surface area contributed by atoms with Crippen molar-refractivity contribution in [1.82, 2.24) is 0 Å². The minimum Gasteiger partial charge on any atom is -0.262 e. The Morgan fingerprint density at radius 1 is 1.00 bits per heavy atom. The second-order valence-electron chi connectivity index (χ2n) is 7.30. The Morgan fingerprint density at radius 3 is 2.26 bits per heavy atom. The van der Waals surface area contributed by atoms with E-state index in [0.717, 1.165) is 55.7 Å². The molecule has 0 aromatic heterocycles. The van der Waals surface area contributed by atoms with Crippen LogP contribution in [0, 0.1) is 17.7 Å². The fraction of sp³-hybridized carbons (Fsp3) is 0.348. The van der Waals surface area contributed by atoms with Gasteiger partial charge in [-0.2, -0.15) is 8.78 Å². The van der Waals surface area contributed by atoms with E-state index in [1.165, 1.54) is 11.6 Å². The highest BCUT2D eigenvalue weighted by atomic mass is 19.3. The second-order valence-corrected chi connectivity index (χ2v) is 7.30. The van der Waals surface area contributed by atoms with Gasteiger partial charge in [0, 0.05) is 0 Å². The van der Waals surface area contributed by atoms with Crippen molar-refractivity contribution in [3.05, 3.63) is 66.0 Å². The molecule has 0 spiro atoms. The lowest BCUT2D eigenvalue weighted by atomic mass is 9.79. The molecule has 0 aliphatic heterocycles. The summed E-state index contributed by atoms with van der Waals surface area (Å²) in [6.07, 6.45) is 5.41. The number of nitrogens with zero attached hydrogens (tertiary/aromatic N) is 1. The number of hydrogen-bond acceptors (Lipinski definition) is 1. The van der Waals surface area contributed by atoms with E-state index in [2.05, 4.69) is 23.8 Å². The van der Waals surface area contributed by atoms with E-state index in [4.69, 9.17) is 0 Å². The molecule has 4 heteroatoms. The van der Waals surface area contributed by atoms with E-state index < -0.39 is 6.08 Å². The van der Waals surface area contributed by atoms with Crippen LogP contribution >= 0.6 is 0 Å². The fourth-order valence-electron chi connectivity index (χ4n) is 3.87. The smallest absolute Gasteiger partial charge is 0.262 e. The Bertz CT molecular complexity index is 799. The van der Waals surface area contributed by atoms with Crippen molar-refractivity contribution < 1.29 is 13.2 Å². The zero-order valence-corrected chi connectivity index (χ0v) is 15.3. The Kier molecular flexibility index (Phi) is 6.49. The van der Waals surface area contributed by atoms with Crippen molar-refractivity contribution in [3.8, 4) is 11.1 Å². The first-order valence-electron chi connectivity index (χ1n) is 9.43. The van der Waals surface area contributed by atoms with Crippen LogP contribution in [0.1, 0.15) is 37.7 Å². The summed E-state index contributed by atoms with van der Waals surface area (Å²) in [6, 6.07) is 13.1. The highest BCUT2D eigenvalue weighted by Gasteiger charge is 2.20. The first-order valence-corrected chi connectivity index (χ1v) is 9.43. The van der Waals surface area contributed by atoms with Gasteiger partial charge in [0.2, 0.25) is 0 Å². The molecule has 142 valence electrons. The van der Waals surface area contributed by atoms with E-state index in [-0.39, 0.29) is 17.4 Å². The molecule has 0 radical (unpaired) electrons. The topological polar surface area (TPSA) is 12.4 Å². The third-order valence-corrected chi connectivity index (χ3v) is 5.50. The molecule has 0 amide bonds. The van der Waals surface area contributed by atoms with Crippen LogP contribution in [0.5, 0.6) is 0 Å². The first-order chi connectivity index (χ1) is 13.0. The zero-order chi connectivity index (χ0) is 19.2. The Balaban J connectivity index is 1.53. The van der Waals surface area contributed by atoms with Gasteiger partial charge in [-0.3, -0.25) is 4.99 Å². The van der Waals surface area contributed by atoms with Gasteiger partial charge in [0.15, 0.2) is 0 Å². The molecular weight excluding hydrogens is 347 g/mol. The van der Waals surface area contributed by atoms with E-state index in [1.54, 1.807) is 6.07 Å². The Labute approximate surface area is 158 Å². The normalized spacial score (nSPS) is 19.5. The van der Waals surface area contributed by atoms with Crippen molar-refractivity contribution in [1.29, 1.82) is 0 Å². The highest BCUT2D eigenvalue weighted by molar-refractivity contribution is 5.66. The predicted octanol–water partition coefficient (Wildman–Crippen LogP) is 7.34. The van der Waals surface area contributed by atoms with Gasteiger partial charge in [-0.1, -0.05) is 30.3 Å². The molecule has 1 fully saturated rings. The van der Waals surface area contributed by atoms with Crippen LogP contribution in [0.3, 0.4) is 0 Å². The molecule has 0 atom stereocenters. The van der Waals surface area contributed by atoms with Crippen LogP contribution in [0.25, 0.3) is 11.1 Å². The molecule has 1 aliphatic rings. The average Bonchev–Trinajstić information content (AvgIpc) is 2.67. The van der Waals surface area contributed by atoms with Crippen LogP contribution in [-0.2, 0) is 6.42 Å². The summed E-state index contributed by atoms with van der Waals surface area (Å²) in [7, 11) is 0. The van der Waals surface area contributed by atoms with Crippen molar-refractivity contribution >= 4 is 12.4 Å². The molecule has 0 heterocycles. The van der Waals surface area contributed by atoms with E-state index in [1.807, 2.05) is 18.2 Å². The molecule has 0 N–H and O–H groups in total. The van der Waals surface area contributed by atoms with Crippen LogP contribution < -0.4 is 0 Å². The highest BCUT2D eigenvalue weighted by Crippen LogP contribution is 2.33. The van der Waals surface area contributed by atoms with E-state index >= 15 is 0 Å². The van der Waals surface area contributed by atoms with Crippen LogP contribution in [0.2, 0.25) is 0 Å². The average molecular weight is 371 g/mol. The minimum atomic E-state index is -1.55. The number of rotatable bonds is 6. The van der Waals surface area contributed by atoms with Gasteiger partial charge in [0.25, 0.3) is 6.08 Å². The molecule has 1 nitrogen and oxygen atoms in total. The number of aliphatic imine (C=N–C) groups is 1. The van der Waals surface area contributed by atoms with Gasteiger partial charge in [-0.15, -0.1) is 0 Å². The Hall–Kier alpha value is -2.36. The maximum Gasteiger partial charge on any atom is 0.266 e. The van der Waals surface area contributed by atoms with Gasteiger partial charge in [-0.05, 0) is 92.0 Å². The summed E-state index contributed by atoms with van der Waals surface area (Å²) in [5.74, 6) is 0.295. The number of hydrogen-bond donors (Lipinski definition) is 0. The standard InChI is InChI=1S/C23H24F3N/c1-27-22-13-12-20(15-21(22)24)19-10-8-17(9-11-19)3-2-16-4-6-18(7-5-16)14-23(25)26/h8-16,18H,1-7H2. The summed E-state index contributed by atoms with van der Waals surface area (Å²) in [6.45, 7) is 3.36. The van der Waals surface area contributed by atoms with Gasteiger partial charge in [0.1, 0.15) is 5.82 Å². The Morgan fingerprint density at radius 2 is 1.67 bits per heavy atom. The molecule has 2 aromatic rings. The lowest BCUT2D eigenvalue weighted by Gasteiger charge is -2.26. The van der Waals surface area contributed by atoms with Crippen LogP contribution in [-0.4, -0.2) is 6.72 Å². The van der Waals surface area contributed by atoms with Crippen LogP contribution in [0.15, 0.2) is 59.6 Å². The fourth-order valence-corrected chi connectivity index (χ4v) is 3.87. The summed E-state index contributed by atoms with van der Waals surface area (Å²) in [5, 5.41) is 0. The molecule has 0 unspecified atom stereocenters. The van der Waals surface area contributed by atoms with Crippen molar-refractivity contribution in [2.24, 2.45) is 16.8 Å². The summed E-state index contributed by atoms with van der Waals surface area (Å²) < 4.78 is 38.5. The van der Waals surface area contributed by atoms with Crippen molar-refractivity contribution in [2.45, 2.75) is 38.5 Å². The lowest BCUT2D eigenvalue weighted by Crippen LogP contribution is -2.13. The summed E-state index contributed by atoms with van der Waals surface area (Å²) in [4.78, 5) is 3.64. The van der Waals surface area contributed by atoms with E-state index in [0.29, 0.717) is 5.92 Å². The third-order valence-electron chi connectivity index (χ3n) is 5.50. The van der Waals surface area contributed by atoms with Gasteiger partial charge < -0.3 is 0 Å². The molecular formula is C23H24F3N. The quantitative estimate of drug-likeness (QED) is 0.471. The molecule has 27 heavy (non-hydrogen) atoms. The largest absolute Gasteiger partial charge is 0.266 e. The van der Waals surface area contributed by atoms with Gasteiger partial charge in [-0.25, -0.2) is 4.39 Å². The van der Waals surface area contributed by atoms with Gasteiger partial charge >= 0.3 is 0 Å². The molecule has 1 aliphatic carbocycles. The SMILES string of the molecule is C=Nc1ccc(-c2ccc(CCC3CCC(C=C(F)F)CC3)cc2)cc1F. The third kappa shape index (κ3) is 5.31. The van der Waals surface area contributed by atoms with E-state index in [9.17, 15) is 13.2 Å². The lowest BCUT2D eigenvalue weighted by molar-refractivity contribution is 0.288. The predicted molar refractivity (Wildman–Crippen MR) is 105 cm³/mol. The maximum absolute atomic E-state index is 13.9. The minimum absolute atomic E-state index is 0.0496. The molecule has 0 bridgehead atoms. The maximum atomic E-state index is 13.9. The monoisotopic (exact) mass is 371 g/mol. The number of benzene rings is 2. The van der Waals surface area contributed by atoms with Gasteiger partial charge in [0.05, 0.1) is 5.69 Å².